The lowest BCUT2D eigenvalue weighted by Crippen LogP contribution is -2.56. The molecule has 14 heteroatoms. The molecule has 0 bridgehead atoms. The molecule has 47 heavy (non-hydrogen) atoms. The molecule has 4 amide bonds. The van der Waals surface area contributed by atoms with Gasteiger partial charge in [-0.2, -0.15) is 0 Å². The number of hydrogen-bond donors (Lipinski definition) is 1. The number of halogens is 1. The normalized spacial score (nSPS) is 19.0. The molecule has 0 saturated carbocycles. The molecule has 0 unspecified atom stereocenters. The fraction of sp³-hybridized carbons (Fsp3) is 0.485. The fourth-order valence-electron chi connectivity index (χ4n) is 5.62. The number of carbonyl (C=O) groups is 5. The summed E-state index contributed by atoms with van der Waals surface area (Å²) in [5, 5.41) is 2.72. The molecule has 0 aromatic heterocycles. The second kappa shape index (κ2) is 14.1. The minimum Gasteiger partial charge on any atom is -0.449 e. The van der Waals surface area contributed by atoms with Gasteiger partial charge in [0, 0.05) is 51.0 Å². The van der Waals surface area contributed by atoms with Gasteiger partial charge in [-0.1, -0.05) is 6.07 Å². The highest BCUT2D eigenvalue weighted by Gasteiger charge is 2.43. The highest BCUT2D eigenvalue weighted by molar-refractivity contribution is 6.05. The Morgan fingerprint density at radius 1 is 0.957 bits per heavy atom. The Morgan fingerprint density at radius 3 is 2.40 bits per heavy atom. The number of fused-ring (bicyclic) bond motifs is 1. The lowest BCUT2D eigenvalue weighted by molar-refractivity contribution is -0.167. The number of ether oxygens (including phenoxy) is 4. The van der Waals surface area contributed by atoms with Crippen molar-refractivity contribution in [2.75, 3.05) is 56.2 Å². The fourth-order valence-corrected chi connectivity index (χ4v) is 5.62. The third-order valence-electron chi connectivity index (χ3n) is 7.88. The molecule has 2 aromatic carbocycles. The van der Waals surface area contributed by atoms with Gasteiger partial charge in [-0.25, -0.2) is 9.18 Å². The summed E-state index contributed by atoms with van der Waals surface area (Å²) >= 11 is 0. The van der Waals surface area contributed by atoms with Crippen LogP contribution in [0.4, 0.5) is 20.6 Å². The number of esters is 1. The predicted molar refractivity (Wildman–Crippen MR) is 166 cm³/mol. The lowest BCUT2D eigenvalue weighted by atomic mass is 9.99. The molecule has 0 aliphatic carbocycles. The Hall–Kier alpha value is -4.56. The maximum absolute atomic E-state index is 14.8. The van der Waals surface area contributed by atoms with Crippen LogP contribution in [0.25, 0.3) is 0 Å². The van der Waals surface area contributed by atoms with Crippen LogP contribution >= 0.6 is 0 Å². The summed E-state index contributed by atoms with van der Waals surface area (Å²) in [6.45, 7) is 8.66. The summed E-state index contributed by atoms with van der Waals surface area (Å²) in [4.78, 5) is 69.3. The van der Waals surface area contributed by atoms with Crippen LogP contribution in [-0.4, -0.2) is 103 Å². The smallest absolute Gasteiger partial charge is 0.410 e. The first-order valence-electron chi connectivity index (χ1n) is 15.5. The number of morpholine rings is 2. The largest absolute Gasteiger partial charge is 0.449 e. The minimum atomic E-state index is -1.64. The number of carbonyl (C=O) groups excluding carboxylic acids is 5. The first-order chi connectivity index (χ1) is 22.3. The van der Waals surface area contributed by atoms with Crippen LogP contribution < -0.4 is 10.2 Å². The zero-order valence-electron chi connectivity index (χ0n) is 26.9. The van der Waals surface area contributed by atoms with Crippen LogP contribution in [0.3, 0.4) is 0 Å². The molecule has 3 aliphatic heterocycles. The van der Waals surface area contributed by atoms with E-state index in [1.54, 1.807) is 43.9 Å². The van der Waals surface area contributed by atoms with Crippen LogP contribution in [0.5, 0.6) is 0 Å². The minimum absolute atomic E-state index is 0.0153. The van der Waals surface area contributed by atoms with Gasteiger partial charge < -0.3 is 39.0 Å². The molecule has 2 saturated heterocycles. The van der Waals surface area contributed by atoms with E-state index in [0.29, 0.717) is 51.5 Å². The first-order valence-corrected chi connectivity index (χ1v) is 15.5. The van der Waals surface area contributed by atoms with Crippen molar-refractivity contribution < 1.29 is 47.3 Å². The highest BCUT2D eigenvalue weighted by atomic mass is 19.1. The maximum Gasteiger partial charge on any atom is 0.410 e. The molecule has 2 fully saturated rings. The number of amides is 4. The number of nitrogens with zero attached hydrogens (tertiary/aromatic N) is 3. The molecule has 0 radical (unpaired) electrons. The SMILES string of the molecule is CC(=O)O[C@@H](C(=O)Nc1ccc2c(c1)CCN(C(=O)OC(C)(C)C)C2)[C@H]1OCCN(c2ccc(F)c(C(=O)N3CCOCC3)c2)C1=O. The first kappa shape index (κ1) is 33.8. The molecule has 13 nitrogen and oxygen atoms in total. The third-order valence-corrected chi connectivity index (χ3v) is 7.88. The number of nitrogens with one attached hydrogen (secondary N) is 1. The molecule has 252 valence electrons. The number of rotatable bonds is 6. The van der Waals surface area contributed by atoms with Crippen LogP contribution in [0, 0.1) is 5.82 Å². The summed E-state index contributed by atoms with van der Waals surface area (Å²) in [6.07, 6.45) is -3.03. The van der Waals surface area contributed by atoms with Gasteiger partial charge in [0.15, 0.2) is 6.10 Å². The zero-order valence-corrected chi connectivity index (χ0v) is 26.9. The van der Waals surface area contributed by atoms with Crippen LogP contribution in [-0.2, 0) is 46.3 Å². The van der Waals surface area contributed by atoms with Gasteiger partial charge in [0.25, 0.3) is 17.7 Å². The maximum atomic E-state index is 14.8. The Morgan fingerprint density at radius 2 is 1.70 bits per heavy atom. The molecule has 3 aliphatic rings. The van der Waals surface area contributed by atoms with Crippen LogP contribution in [0.1, 0.15) is 49.2 Å². The Bertz CT molecular complexity index is 1550. The second-order valence-corrected chi connectivity index (χ2v) is 12.5. The van der Waals surface area contributed by atoms with E-state index in [2.05, 4.69) is 5.32 Å². The summed E-state index contributed by atoms with van der Waals surface area (Å²) in [5.41, 5.74) is 1.63. The monoisotopic (exact) mass is 654 g/mol. The van der Waals surface area contributed by atoms with E-state index in [1.807, 2.05) is 0 Å². The number of hydrogen-bond acceptors (Lipinski definition) is 9. The third kappa shape index (κ3) is 8.06. The molecule has 2 atom stereocenters. The van der Waals surface area contributed by atoms with Crippen LogP contribution in [0.15, 0.2) is 36.4 Å². The van der Waals surface area contributed by atoms with E-state index in [1.165, 1.54) is 21.9 Å². The van der Waals surface area contributed by atoms with E-state index in [0.717, 1.165) is 24.1 Å². The van der Waals surface area contributed by atoms with Crippen molar-refractivity contribution in [2.45, 2.75) is 58.5 Å². The van der Waals surface area contributed by atoms with Crippen LogP contribution in [0.2, 0.25) is 0 Å². The second-order valence-electron chi connectivity index (χ2n) is 12.5. The van der Waals surface area contributed by atoms with E-state index >= 15 is 0 Å². The number of benzene rings is 2. The predicted octanol–water partition coefficient (Wildman–Crippen LogP) is 2.89. The van der Waals surface area contributed by atoms with Crippen molar-refractivity contribution in [3.8, 4) is 0 Å². The summed E-state index contributed by atoms with van der Waals surface area (Å²) in [5.74, 6) is -3.53. The van der Waals surface area contributed by atoms with Crippen molar-refractivity contribution >= 4 is 41.2 Å². The quantitative estimate of drug-likeness (QED) is 0.465. The van der Waals surface area contributed by atoms with Gasteiger partial charge in [0.05, 0.1) is 25.4 Å². The van der Waals surface area contributed by atoms with Gasteiger partial charge >= 0.3 is 12.1 Å². The van der Waals surface area contributed by atoms with Crippen molar-refractivity contribution in [1.29, 1.82) is 0 Å². The Kier molecular flexibility index (Phi) is 10.1. The Labute approximate surface area is 271 Å². The standard InChI is InChI=1S/C33H39FN4O9/c1-20(39)46-27(29(40)35-23-6-5-22-19-37(10-9-21(22)17-23)32(43)47-33(2,3)4)28-31(42)38(13-16-45-28)24-7-8-26(34)25(18-24)30(41)36-11-14-44-15-12-36/h5-8,17-18,27-28H,9-16,19H2,1-4H3,(H,35,40)/t27-,28-/m1/s1. The lowest BCUT2D eigenvalue weighted by Gasteiger charge is -2.35. The average molecular weight is 655 g/mol. The van der Waals surface area contributed by atoms with Gasteiger partial charge in [0.2, 0.25) is 6.10 Å². The average Bonchev–Trinajstić information content (AvgIpc) is 3.03. The molecular formula is C33H39FN4O9. The Balaban J connectivity index is 1.30. The topological polar surface area (TPSA) is 144 Å². The summed E-state index contributed by atoms with van der Waals surface area (Å²) < 4.78 is 36.5. The van der Waals surface area contributed by atoms with E-state index in [-0.39, 0.29) is 24.4 Å². The zero-order chi connectivity index (χ0) is 33.9. The van der Waals surface area contributed by atoms with Crippen molar-refractivity contribution in [3.05, 3.63) is 58.9 Å². The van der Waals surface area contributed by atoms with Crippen molar-refractivity contribution in [1.82, 2.24) is 9.80 Å². The summed E-state index contributed by atoms with van der Waals surface area (Å²) in [6, 6.07) is 8.99. The molecule has 5 rings (SSSR count). The summed E-state index contributed by atoms with van der Waals surface area (Å²) in [7, 11) is 0. The van der Waals surface area contributed by atoms with E-state index in [9.17, 15) is 28.4 Å². The van der Waals surface area contributed by atoms with Gasteiger partial charge in [-0.3, -0.25) is 19.2 Å². The van der Waals surface area contributed by atoms with Crippen molar-refractivity contribution in [3.63, 3.8) is 0 Å². The number of anilines is 2. The van der Waals surface area contributed by atoms with Crippen molar-refractivity contribution in [2.24, 2.45) is 0 Å². The van der Waals surface area contributed by atoms with E-state index in [4.69, 9.17) is 18.9 Å². The molecule has 2 aromatic rings. The molecular weight excluding hydrogens is 615 g/mol. The van der Waals surface area contributed by atoms with Gasteiger partial charge in [0.1, 0.15) is 11.4 Å². The highest BCUT2D eigenvalue weighted by Crippen LogP contribution is 2.27. The van der Waals surface area contributed by atoms with Gasteiger partial charge in [-0.05, 0) is 68.7 Å². The van der Waals surface area contributed by atoms with Gasteiger partial charge in [-0.15, -0.1) is 0 Å². The van der Waals surface area contributed by atoms with E-state index < -0.39 is 53.4 Å². The molecule has 1 N–H and O–H groups in total. The molecule has 3 heterocycles. The molecule has 0 spiro atoms.